The third-order valence-corrected chi connectivity index (χ3v) is 2.34. The molecule has 0 unspecified atom stereocenters. The Kier molecular flexibility index (Phi) is 4.68. The lowest BCUT2D eigenvalue weighted by atomic mass is 10.4. The maximum atomic E-state index is 5.06. The van der Waals surface area contributed by atoms with E-state index in [0.717, 1.165) is 23.9 Å². The molecule has 0 spiro atoms. The van der Waals surface area contributed by atoms with Crippen molar-refractivity contribution in [3.05, 3.63) is 29.9 Å². The van der Waals surface area contributed by atoms with Crippen molar-refractivity contribution < 1.29 is 9.26 Å². The first-order valence-electron chi connectivity index (χ1n) is 6.06. The lowest BCUT2D eigenvalue weighted by Gasteiger charge is -2.09. The van der Waals surface area contributed by atoms with Crippen LogP contribution in [-0.2, 0) is 17.9 Å². The van der Waals surface area contributed by atoms with Crippen LogP contribution in [0.5, 0.6) is 0 Å². The second kappa shape index (κ2) is 6.69. The van der Waals surface area contributed by atoms with E-state index >= 15 is 0 Å². The highest BCUT2D eigenvalue weighted by Gasteiger charge is 2.05. The molecule has 7 heteroatoms. The summed E-state index contributed by atoms with van der Waals surface area (Å²) in [4.78, 5) is 8.69. The molecule has 2 rings (SSSR count). The van der Waals surface area contributed by atoms with Gasteiger partial charge >= 0.3 is 0 Å². The second-order valence-corrected chi connectivity index (χ2v) is 3.85. The standard InChI is InChI=1S/C12H17N5O2/c1-3-13-10-6-11(17-12(16-10)8-18-2)14-7-9-4-5-15-19-9/h4-6H,3,7-8H2,1-2H3,(H2,13,14,16,17). The molecule has 2 aromatic rings. The number of rotatable bonds is 7. The summed E-state index contributed by atoms with van der Waals surface area (Å²) < 4.78 is 10.1. The number of nitrogens with zero attached hydrogens (tertiary/aromatic N) is 3. The van der Waals surface area contributed by atoms with Crippen LogP contribution >= 0.6 is 0 Å². The molecule has 2 N–H and O–H groups in total. The molecule has 19 heavy (non-hydrogen) atoms. The van der Waals surface area contributed by atoms with Crippen molar-refractivity contribution in [1.29, 1.82) is 0 Å². The average molecular weight is 263 g/mol. The van der Waals surface area contributed by atoms with Gasteiger partial charge < -0.3 is 19.9 Å². The molecule has 0 bridgehead atoms. The molecule has 0 aliphatic heterocycles. The van der Waals surface area contributed by atoms with Crippen LogP contribution in [0.4, 0.5) is 11.6 Å². The van der Waals surface area contributed by atoms with Gasteiger partial charge in [-0.15, -0.1) is 0 Å². The Labute approximate surface area is 111 Å². The number of aromatic nitrogens is 3. The lowest BCUT2D eigenvalue weighted by molar-refractivity contribution is 0.178. The van der Waals surface area contributed by atoms with E-state index in [2.05, 4.69) is 25.8 Å². The Morgan fingerprint density at radius 3 is 2.68 bits per heavy atom. The highest BCUT2D eigenvalue weighted by Crippen LogP contribution is 2.13. The summed E-state index contributed by atoms with van der Waals surface area (Å²) in [6.07, 6.45) is 1.61. The van der Waals surface area contributed by atoms with Crippen molar-refractivity contribution in [2.75, 3.05) is 24.3 Å². The molecule has 2 aromatic heterocycles. The van der Waals surface area contributed by atoms with Gasteiger partial charge in [0.05, 0.1) is 12.7 Å². The van der Waals surface area contributed by atoms with Crippen molar-refractivity contribution in [3.8, 4) is 0 Å². The van der Waals surface area contributed by atoms with E-state index < -0.39 is 0 Å². The van der Waals surface area contributed by atoms with E-state index in [1.807, 2.05) is 13.0 Å². The number of hydrogen-bond donors (Lipinski definition) is 2. The molecule has 7 nitrogen and oxygen atoms in total. The molecule has 0 radical (unpaired) electrons. The summed E-state index contributed by atoms with van der Waals surface area (Å²) in [5, 5.41) is 9.97. The molecule has 0 atom stereocenters. The van der Waals surface area contributed by atoms with E-state index in [9.17, 15) is 0 Å². The monoisotopic (exact) mass is 263 g/mol. The molecule has 0 fully saturated rings. The van der Waals surface area contributed by atoms with Gasteiger partial charge in [0.2, 0.25) is 0 Å². The van der Waals surface area contributed by atoms with Crippen LogP contribution in [0.2, 0.25) is 0 Å². The van der Waals surface area contributed by atoms with Crippen LogP contribution in [0.25, 0.3) is 0 Å². The molecule has 0 aliphatic rings. The molecule has 0 aliphatic carbocycles. The first-order valence-corrected chi connectivity index (χ1v) is 6.06. The third kappa shape index (κ3) is 3.92. The minimum atomic E-state index is 0.371. The second-order valence-electron chi connectivity index (χ2n) is 3.85. The van der Waals surface area contributed by atoms with Gasteiger partial charge in [-0.25, -0.2) is 9.97 Å². The lowest BCUT2D eigenvalue weighted by Crippen LogP contribution is -2.08. The van der Waals surface area contributed by atoms with Gasteiger partial charge in [0.25, 0.3) is 0 Å². The summed E-state index contributed by atoms with van der Waals surface area (Å²) in [5.74, 6) is 2.86. The van der Waals surface area contributed by atoms with Crippen LogP contribution in [0.3, 0.4) is 0 Å². The topological polar surface area (TPSA) is 85.1 Å². The SMILES string of the molecule is CCNc1cc(NCc2ccno2)nc(COC)n1. The summed E-state index contributed by atoms with van der Waals surface area (Å²) in [6, 6.07) is 3.65. The zero-order valence-corrected chi connectivity index (χ0v) is 11.0. The Balaban J connectivity index is 2.08. The molecular formula is C12H17N5O2. The van der Waals surface area contributed by atoms with Gasteiger partial charge in [0, 0.05) is 25.8 Å². The highest BCUT2D eigenvalue weighted by molar-refractivity contribution is 5.47. The normalized spacial score (nSPS) is 10.4. The molecular weight excluding hydrogens is 246 g/mol. The summed E-state index contributed by atoms with van der Waals surface area (Å²) in [6.45, 7) is 3.70. The van der Waals surface area contributed by atoms with Crippen molar-refractivity contribution in [2.45, 2.75) is 20.1 Å². The maximum absolute atomic E-state index is 5.06. The minimum Gasteiger partial charge on any atom is -0.377 e. The third-order valence-electron chi connectivity index (χ3n) is 2.34. The van der Waals surface area contributed by atoms with E-state index in [4.69, 9.17) is 9.26 Å². The van der Waals surface area contributed by atoms with Gasteiger partial charge in [-0.05, 0) is 6.92 Å². The Hall–Kier alpha value is -2.15. The van der Waals surface area contributed by atoms with Crippen molar-refractivity contribution in [3.63, 3.8) is 0 Å². The van der Waals surface area contributed by atoms with E-state index in [1.165, 1.54) is 0 Å². The fourth-order valence-electron chi connectivity index (χ4n) is 1.56. The zero-order chi connectivity index (χ0) is 13.5. The molecule has 2 heterocycles. The van der Waals surface area contributed by atoms with Crippen molar-refractivity contribution in [1.82, 2.24) is 15.1 Å². The minimum absolute atomic E-state index is 0.371. The molecule has 102 valence electrons. The number of hydrogen-bond acceptors (Lipinski definition) is 7. The van der Waals surface area contributed by atoms with Gasteiger partial charge in [0.1, 0.15) is 18.2 Å². The molecule has 0 saturated heterocycles. The van der Waals surface area contributed by atoms with Crippen molar-refractivity contribution >= 4 is 11.6 Å². The van der Waals surface area contributed by atoms with Crippen LogP contribution in [0.15, 0.2) is 22.9 Å². The van der Waals surface area contributed by atoms with E-state index in [-0.39, 0.29) is 0 Å². The quantitative estimate of drug-likeness (QED) is 0.785. The fourth-order valence-corrected chi connectivity index (χ4v) is 1.56. The van der Waals surface area contributed by atoms with Gasteiger partial charge in [0.15, 0.2) is 11.6 Å². The Morgan fingerprint density at radius 1 is 1.26 bits per heavy atom. The first-order chi connectivity index (χ1) is 9.31. The maximum Gasteiger partial charge on any atom is 0.158 e. The number of ether oxygens (including phenoxy) is 1. The van der Waals surface area contributed by atoms with Gasteiger partial charge in [-0.3, -0.25) is 0 Å². The molecule has 0 amide bonds. The summed E-state index contributed by atoms with van der Waals surface area (Å²) in [5.41, 5.74) is 0. The first kappa shape index (κ1) is 13.3. The van der Waals surface area contributed by atoms with Gasteiger partial charge in [-0.2, -0.15) is 0 Å². The smallest absolute Gasteiger partial charge is 0.158 e. The fraction of sp³-hybridized carbons (Fsp3) is 0.417. The Bertz CT molecular complexity index is 477. The highest BCUT2D eigenvalue weighted by atomic mass is 16.5. The van der Waals surface area contributed by atoms with Crippen LogP contribution in [0.1, 0.15) is 18.5 Å². The van der Waals surface area contributed by atoms with Crippen LogP contribution in [0, 0.1) is 0 Å². The van der Waals surface area contributed by atoms with Crippen LogP contribution < -0.4 is 10.6 Å². The van der Waals surface area contributed by atoms with Crippen LogP contribution in [-0.4, -0.2) is 28.8 Å². The number of methoxy groups -OCH3 is 1. The Morgan fingerprint density at radius 2 is 2.05 bits per heavy atom. The van der Waals surface area contributed by atoms with Gasteiger partial charge in [-0.1, -0.05) is 5.16 Å². The largest absolute Gasteiger partial charge is 0.377 e. The summed E-state index contributed by atoms with van der Waals surface area (Å²) in [7, 11) is 1.62. The zero-order valence-electron chi connectivity index (χ0n) is 11.0. The average Bonchev–Trinajstić information content (AvgIpc) is 2.90. The molecule has 0 aromatic carbocycles. The number of nitrogens with one attached hydrogen (secondary N) is 2. The van der Waals surface area contributed by atoms with E-state index in [0.29, 0.717) is 19.0 Å². The number of anilines is 2. The van der Waals surface area contributed by atoms with E-state index in [1.54, 1.807) is 19.4 Å². The predicted molar refractivity (Wildman–Crippen MR) is 70.7 cm³/mol. The van der Waals surface area contributed by atoms with Crippen molar-refractivity contribution in [2.24, 2.45) is 0 Å². The molecule has 0 saturated carbocycles. The predicted octanol–water partition coefficient (Wildman–Crippen LogP) is 1.65. The summed E-state index contributed by atoms with van der Waals surface area (Å²) >= 11 is 0.